The average molecular weight is 454 g/mol. The molecule has 1 fully saturated rings. The Bertz CT molecular complexity index is 1010. The Hall–Kier alpha value is -3.77. The van der Waals surface area contributed by atoms with Gasteiger partial charge in [0, 0.05) is 45.0 Å². The highest BCUT2D eigenvalue weighted by atomic mass is 19.4. The van der Waals surface area contributed by atoms with Crippen LogP contribution < -0.4 is 15.4 Å². The predicted molar refractivity (Wildman–Crippen MR) is 108 cm³/mol. The Morgan fingerprint density at radius 1 is 1.16 bits per heavy atom. The Morgan fingerprint density at radius 3 is 2.38 bits per heavy atom. The van der Waals surface area contributed by atoms with E-state index in [1.54, 1.807) is 4.90 Å². The number of benzene rings is 1. The second kappa shape index (κ2) is 9.16. The average Bonchev–Trinajstić information content (AvgIpc) is 2.78. The number of nitrogens with one attached hydrogen (secondary N) is 2. The highest BCUT2D eigenvalue weighted by molar-refractivity contribution is 5.95. The van der Waals surface area contributed by atoms with E-state index in [-0.39, 0.29) is 49.6 Å². The first-order chi connectivity index (χ1) is 15.1. The third kappa shape index (κ3) is 4.92. The number of methoxy groups -OCH3 is 1. The molecule has 0 aliphatic carbocycles. The van der Waals surface area contributed by atoms with Crippen molar-refractivity contribution in [1.82, 2.24) is 19.8 Å². The van der Waals surface area contributed by atoms with Crippen molar-refractivity contribution in [2.24, 2.45) is 0 Å². The molecule has 1 aliphatic heterocycles. The number of aromatic nitrogens is 2. The van der Waals surface area contributed by atoms with E-state index in [1.807, 2.05) is 0 Å². The summed E-state index contributed by atoms with van der Waals surface area (Å²) in [5.74, 6) is -0.511. The van der Waals surface area contributed by atoms with Crippen LogP contribution in [0.2, 0.25) is 0 Å². The van der Waals surface area contributed by atoms with Crippen molar-refractivity contribution in [3.63, 3.8) is 0 Å². The van der Waals surface area contributed by atoms with E-state index in [9.17, 15) is 22.8 Å². The van der Waals surface area contributed by atoms with Crippen LogP contribution in [0, 0.1) is 0 Å². The number of halogens is 3. The lowest BCUT2D eigenvalue weighted by molar-refractivity contribution is -0.137. The van der Waals surface area contributed by atoms with Crippen molar-refractivity contribution < 1.29 is 32.6 Å². The summed E-state index contributed by atoms with van der Waals surface area (Å²) in [5.41, 5.74) is -0.330. The first-order valence-electron chi connectivity index (χ1n) is 9.48. The number of amides is 2. The first-order valence-corrected chi connectivity index (χ1v) is 9.48. The van der Waals surface area contributed by atoms with Gasteiger partial charge in [0.1, 0.15) is 17.1 Å². The van der Waals surface area contributed by atoms with Crippen LogP contribution in [0.4, 0.5) is 35.4 Å². The molecule has 3 N–H and O–H groups in total. The molecule has 10 nitrogen and oxygen atoms in total. The van der Waals surface area contributed by atoms with E-state index in [0.29, 0.717) is 17.4 Å². The molecule has 0 spiro atoms. The molecule has 1 aliphatic rings. The Labute approximate surface area is 181 Å². The Kier molecular flexibility index (Phi) is 6.55. The topological polar surface area (TPSA) is 120 Å². The maximum atomic E-state index is 13.0. The highest BCUT2D eigenvalue weighted by Gasteiger charge is 2.35. The van der Waals surface area contributed by atoms with Gasteiger partial charge in [-0.05, 0) is 18.2 Å². The van der Waals surface area contributed by atoms with E-state index in [0.717, 1.165) is 0 Å². The van der Waals surface area contributed by atoms with Gasteiger partial charge in [-0.1, -0.05) is 0 Å². The lowest BCUT2D eigenvalue weighted by Gasteiger charge is -2.33. The van der Waals surface area contributed by atoms with Crippen molar-refractivity contribution in [3.05, 3.63) is 35.5 Å². The molecule has 3 rings (SSSR count). The number of anilines is 3. The zero-order chi connectivity index (χ0) is 23.5. The molecule has 32 heavy (non-hydrogen) atoms. The summed E-state index contributed by atoms with van der Waals surface area (Å²) >= 11 is 0. The number of alkyl halides is 3. The number of piperazine rings is 1. The zero-order valence-corrected chi connectivity index (χ0v) is 17.2. The van der Waals surface area contributed by atoms with Crippen molar-refractivity contribution in [3.8, 4) is 5.75 Å². The third-order valence-electron chi connectivity index (χ3n) is 4.86. The third-order valence-corrected chi connectivity index (χ3v) is 4.86. The Balaban J connectivity index is 1.77. The number of hydrogen-bond acceptors (Lipinski definition) is 7. The van der Waals surface area contributed by atoms with E-state index in [2.05, 4.69) is 20.6 Å². The lowest BCUT2D eigenvalue weighted by Crippen LogP contribution is -2.50. The van der Waals surface area contributed by atoms with Crippen molar-refractivity contribution >= 4 is 29.5 Å². The summed E-state index contributed by atoms with van der Waals surface area (Å²) in [5, 5.41) is 14.2. The van der Waals surface area contributed by atoms with Gasteiger partial charge < -0.3 is 30.3 Å². The summed E-state index contributed by atoms with van der Waals surface area (Å²) in [4.78, 5) is 34.1. The van der Waals surface area contributed by atoms with Gasteiger partial charge in [0.05, 0.1) is 12.8 Å². The standard InChI is InChI=1S/C19H21F3N6O4/c1-23-15-12(19(20,21)22)10-24-17(26-15)25-13-4-3-11(9-14(13)32-2)16(29)27-5-7-28(8-6-27)18(30)31/h3-4,9-10H,5-8H2,1-2H3,(H,30,31)(H2,23,24,25,26). The van der Waals surface area contributed by atoms with Gasteiger partial charge in [-0.2, -0.15) is 18.2 Å². The molecule has 0 saturated carbocycles. The molecule has 1 aromatic heterocycles. The second-order valence-corrected chi connectivity index (χ2v) is 6.81. The molecule has 0 radical (unpaired) electrons. The van der Waals surface area contributed by atoms with Crippen molar-refractivity contribution in [1.29, 1.82) is 0 Å². The van der Waals surface area contributed by atoms with E-state index in [1.165, 1.54) is 37.3 Å². The maximum Gasteiger partial charge on any atom is 0.421 e. The molecule has 2 amide bonds. The zero-order valence-electron chi connectivity index (χ0n) is 17.2. The summed E-state index contributed by atoms with van der Waals surface area (Å²) in [6.07, 6.45) is -4.96. The predicted octanol–water partition coefficient (Wildman–Crippen LogP) is 2.73. The number of ether oxygens (including phenoxy) is 1. The molecule has 2 aromatic rings. The minimum Gasteiger partial charge on any atom is -0.495 e. The lowest BCUT2D eigenvalue weighted by atomic mass is 10.1. The molecular weight excluding hydrogens is 433 g/mol. The number of carbonyl (C=O) groups excluding carboxylic acids is 1. The number of carbonyl (C=O) groups is 2. The van der Waals surface area contributed by atoms with Crippen molar-refractivity contribution in [2.45, 2.75) is 6.18 Å². The van der Waals surface area contributed by atoms with E-state index >= 15 is 0 Å². The van der Waals surface area contributed by atoms with Gasteiger partial charge in [-0.3, -0.25) is 4.79 Å². The highest BCUT2D eigenvalue weighted by Crippen LogP contribution is 2.34. The summed E-state index contributed by atoms with van der Waals surface area (Å²) in [6, 6.07) is 4.54. The SMILES string of the molecule is CNc1nc(Nc2ccc(C(=O)N3CCN(C(=O)O)CC3)cc2OC)ncc1C(F)(F)F. The van der Waals surface area contributed by atoms with Crippen molar-refractivity contribution in [2.75, 3.05) is 51.0 Å². The molecule has 1 aromatic carbocycles. The molecule has 0 unspecified atom stereocenters. The minimum absolute atomic E-state index is 0.0930. The molecule has 2 heterocycles. The molecule has 0 atom stereocenters. The van der Waals surface area contributed by atoms with Crippen LogP contribution in [0.5, 0.6) is 5.75 Å². The summed E-state index contributed by atoms with van der Waals surface area (Å²) in [6.45, 7) is 0.965. The first kappa shape index (κ1) is 22.9. The number of carboxylic acid groups (broad SMARTS) is 1. The van der Waals surface area contributed by atoms with Gasteiger partial charge in [0.25, 0.3) is 5.91 Å². The molecule has 172 valence electrons. The van der Waals surface area contributed by atoms with Gasteiger partial charge in [0.2, 0.25) is 5.95 Å². The number of rotatable bonds is 5. The summed E-state index contributed by atoms with van der Waals surface area (Å²) < 4.78 is 44.4. The second-order valence-electron chi connectivity index (χ2n) is 6.81. The fourth-order valence-corrected chi connectivity index (χ4v) is 3.17. The van der Waals surface area contributed by atoms with Crippen LogP contribution in [0.3, 0.4) is 0 Å². The fourth-order valence-electron chi connectivity index (χ4n) is 3.17. The monoisotopic (exact) mass is 454 g/mol. The van der Waals surface area contributed by atoms with Gasteiger partial charge in [0.15, 0.2) is 0 Å². The summed E-state index contributed by atoms with van der Waals surface area (Å²) in [7, 11) is 2.70. The van der Waals surface area contributed by atoms with Gasteiger partial charge >= 0.3 is 12.3 Å². The van der Waals surface area contributed by atoms with Crippen LogP contribution in [0.1, 0.15) is 15.9 Å². The van der Waals surface area contributed by atoms with Crippen LogP contribution >= 0.6 is 0 Å². The number of hydrogen-bond donors (Lipinski definition) is 3. The largest absolute Gasteiger partial charge is 0.495 e. The smallest absolute Gasteiger partial charge is 0.421 e. The normalized spacial score (nSPS) is 14.2. The minimum atomic E-state index is -4.60. The van der Waals surface area contributed by atoms with Gasteiger partial charge in [-0.15, -0.1) is 0 Å². The quantitative estimate of drug-likeness (QED) is 0.631. The van der Waals surface area contributed by atoms with Crippen LogP contribution in [-0.2, 0) is 6.18 Å². The molecule has 1 saturated heterocycles. The fraction of sp³-hybridized carbons (Fsp3) is 0.368. The maximum absolute atomic E-state index is 13.0. The molecule has 0 bridgehead atoms. The molecular formula is C19H21F3N6O4. The van der Waals surface area contributed by atoms with Crippen LogP contribution in [-0.4, -0.2) is 77.2 Å². The van der Waals surface area contributed by atoms with Crippen LogP contribution in [0.15, 0.2) is 24.4 Å². The van der Waals surface area contributed by atoms with Crippen LogP contribution in [0.25, 0.3) is 0 Å². The Morgan fingerprint density at radius 2 is 1.81 bits per heavy atom. The van der Waals surface area contributed by atoms with E-state index in [4.69, 9.17) is 9.84 Å². The van der Waals surface area contributed by atoms with E-state index < -0.39 is 17.8 Å². The molecule has 13 heteroatoms. The van der Waals surface area contributed by atoms with Gasteiger partial charge in [-0.25, -0.2) is 9.78 Å². The number of nitrogens with zero attached hydrogens (tertiary/aromatic N) is 4.